The van der Waals surface area contributed by atoms with E-state index in [9.17, 15) is 4.79 Å². The number of nitrogens with zero attached hydrogens (tertiary/aromatic N) is 3. The third kappa shape index (κ3) is 4.02. The lowest BCUT2D eigenvalue weighted by atomic mass is 10.1. The van der Waals surface area contributed by atoms with Gasteiger partial charge in [0.1, 0.15) is 0 Å². The van der Waals surface area contributed by atoms with E-state index < -0.39 is 0 Å². The van der Waals surface area contributed by atoms with Gasteiger partial charge in [0, 0.05) is 32.0 Å². The first-order chi connectivity index (χ1) is 12.3. The van der Waals surface area contributed by atoms with Crippen LogP contribution in [-0.2, 0) is 17.8 Å². The monoisotopic (exact) mass is 340 g/mol. The summed E-state index contributed by atoms with van der Waals surface area (Å²) in [6, 6.07) is 8.63. The summed E-state index contributed by atoms with van der Waals surface area (Å²) in [4.78, 5) is 18.6. The quantitative estimate of drug-likeness (QED) is 0.908. The predicted octanol–water partition coefficient (Wildman–Crippen LogP) is 2.25. The number of nitrogens with one attached hydrogen (secondary N) is 1. The number of rotatable bonds is 5. The molecule has 1 aromatic carbocycles. The summed E-state index contributed by atoms with van der Waals surface area (Å²) in [5.41, 5.74) is 2.33. The number of morpholine rings is 1. The third-order valence-corrected chi connectivity index (χ3v) is 4.98. The highest BCUT2D eigenvalue weighted by atomic mass is 16.5. The van der Waals surface area contributed by atoms with Gasteiger partial charge in [-0.1, -0.05) is 24.3 Å². The molecule has 6 heteroatoms. The summed E-state index contributed by atoms with van der Waals surface area (Å²) in [6.45, 7) is 3.37. The molecule has 2 aromatic rings. The number of imidazole rings is 1. The molecule has 2 aliphatic rings. The molecule has 0 radical (unpaired) electrons. The van der Waals surface area contributed by atoms with Crippen molar-refractivity contribution in [2.75, 3.05) is 19.8 Å². The van der Waals surface area contributed by atoms with Crippen molar-refractivity contribution in [2.24, 2.45) is 5.92 Å². The molecular weight excluding hydrogens is 316 g/mol. The fourth-order valence-corrected chi connectivity index (χ4v) is 3.38. The van der Waals surface area contributed by atoms with E-state index in [1.165, 1.54) is 18.4 Å². The van der Waals surface area contributed by atoms with Crippen molar-refractivity contribution in [3.05, 3.63) is 54.1 Å². The Morgan fingerprint density at radius 1 is 1.24 bits per heavy atom. The molecule has 2 amide bonds. The molecule has 25 heavy (non-hydrogen) atoms. The summed E-state index contributed by atoms with van der Waals surface area (Å²) in [5.74, 6) is 0.633. The van der Waals surface area contributed by atoms with Crippen LogP contribution in [0, 0.1) is 5.92 Å². The fourth-order valence-electron chi connectivity index (χ4n) is 3.38. The Bertz CT molecular complexity index is 695. The van der Waals surface area contributed by atoms with Gasteiger partial charge in [-0.05, 0) is 29.9 Å². The summed E-state index contributed by atoms with van der Waals surface area (Å²) in [6.07, 6.45) is 7.98. The van der Waals surface area contributed by atoms with Crippen LogP contribution < -0.4 is 5.32 Å². The standard InChI is InChI=1S/C19H24N4O2/c24-19(23-9-10-25-13-18(23)17-5-6-17)21-11-15-1-3-16(4-2-15)12-22-8-7-20-14-22/h1-4,7-8,14,17-18H,5-6,9-13H2,(H,21,24). The largest absolute Gasteiger partial charge is 0.377 e. The number of hydrogen-bond acceptors (Lipinski definition) is 3. The van der Waals surface area contributed by atoms with Gasteiger partial charge in [-0.15, -0.1) is 0 Å². The SMILES string of the molecule is O=C(NCc1ccc(Cn2ccnc2)cc1)N1CCOCC1C1CC1. The maximum atomic E-state index is 12.5. The van der Waals surface area contributed by atoms with E-state index in [1.807, 2.05) is 22.0 Å². The first kappa shape index (κ1) is 16.1. The average molecular weight is 340 g/mol. The minimum absolute atomic E-state index is 0.0303. The second kappa shape index (κ2) is 7.27. The van der Waals surface area contributed by atoms with Crippen LogP contribution in [-0.4, -0.2) is 46.3 Å². The first-order valence-corrected chi connectivity index (χ1v) is 8.95. The van der Waals surface area contributed by atoms with Crippen LogP contribution in [0.25, 0.3) is 0 Å². The average Bonchev–Trinajstić information content (AvgIpc) is 3.38. The molecule has 4 rings (SSSR count). The summed E-state index contributed by atoms with van der Waals surface area (Å²) in [7, 11) is 0. The van der Waals surface area contributed by atoms with Crippen molar-refractivity contribution < 1.29 is 9.53 Å². The van der Waals surface area contributed by atoms with Crippen molar-refractivity contribution in [2.45, 2.75) is 32.0 Å². The molecule has 0 bridgehead atoms. The Kier molecular flexibility index (Phi) is 4.70. The van der Waals surface area contributed by atoms with E-state index in [4.69, 9.17) is 4.74 Å². The lowest BCUT2D eigenvalue weighted by Crippen LogP contribution is -2.53. The van der Waals surface area contributed by atoms with Gasteiger partial charge in [0.25, 0.3) is 0 Å². The number of carbonyl (C=O) groups excluding carboxylic acids is 1. The van der Waals surface area contributed by atoms with Crippen LogP contribution in [0.1, 0.15) is 24.0 Å². The number of amides is 2. The molecule has 1 aromatic heterocycles. The molecular formula is C19H24N4O2. The Morgan fingerprint density at radius 2 is 2.04 bits per heavy atom. The Labute approximate surface area is 147 Å². The van der Waals surface area contributed by atoms with Crippen LogP contribution in [0.2, 0.25) is 0 Å². The zero-order chi connectivity index (χ0) is 17.1. The molecule has 1 aliphatic heterocycles. The van der Waals surface area contributed by atoms with Gasteiger partial charge in [-0.2, -0.15) is 0 Å². The van der Waals surface area contributed by atoms with Gasteiger partial charge in [0.2, 0.25) is 0 Å². The highest BCUT2D eigenvalue weighted by Gasteiger charge is 2.39. The summed E-state index contributed by atoms with van der Waals surface area (Å²) >= 11 is 0. The maximum Gasteiger partial charge on any atom is 0.318 e. The maximum absolute atomic E-state index is 12.5. The first-order valence-electron chi connectivity index (χ1n) is 8.95. The van der Waals surface area contributed by atoms with E-state index in [2.05, 4.69) is 34.6 Å². The molecule has 1 aliphatic carbocycles. The Morgan fingerprint density at radius 3 is 2.76 bits per heavy atom. The summed E-state index contributed by atoms with van der Waals surface area (Å²) < 4.78 is 7.59. The van der Waals surface area contributed by atoms with Crippen molar-refractivity contribution in [1.29, 1.82) is 0 Å². The highest BCUT2D eigenvalue weighted by molar-refractivity contribution is 5.74. The van der Waals surface area contributed by atoms with Gasteiger partial charge in [-0.3, -0.25) is 0 Å². The molecule has 132 valence electrons. The minimum Gasteiger partial charge on any atom is -0.377 e. The van der Waals surface area contributed by atoms with Gasteiger partial charge in [0.05, 0.1) is 25.6 Å². The smallest absolute Gasteiger partial charge is 0.318 e. The minimum atomic E-state index is 0.0303. The molecule has 1 atom stereocenters. The van der Waals surface area contributed by atoms with Gasteiger partial charge in [0.15, 0.2) is 0 Å². The zero-order valence-electron chi connectivity index (χ0n) is 14.3. The zero-order valence-corrected chi connectivity index (χ0v) is 14.3. The van der Waals surface area contributed by atoms with Crippen LogP contribution >= 0.6 is 0 Å². The van der Waals surface area contributed by atoms with Crippen molar-refractivity contribution >= 4 is 6.03 Å². The van der Waals surface area contributed by atoms with Crippen molar-refractivity contribution in [3.8, 4) is 0 Å². The molecule has 1 saturated heterocycles. The lowest BCUT2D eigenvalue weighted by molar-refractivity contribution is 0.00463. The van der Waals surface area contributed by atoms with Gasteiger partial charge >= 0.3 is 6.03 Å². The van der Waals surface area contributed by atoms with Crippen molar-refractivity contribution in [1.82, 2.24) is 19.8 Å². The Hall–Kier alpha value is -2.34. The summed E-state index contributed by atoms with van der Waals surface area (Å²) in [5, 5.41) is 3.06. The van der Waals surface area contributed by atoms with Crippen LogP contribution in [0.4, 0.5) is 4.79 Å². The van der Waals surface area contributed by atoms with Crippen LogP contribution in [0.3, 0.4) is 0 Å². The second-order valence-electron chi connectivity index (χ2n) is 6.88. The Balaban J connectivity index is 1.30. The number of urea groups is 1. The van der Waals surface area contributed by atoms with Gasteiger partial charge in [-0.25, -0.2) is 9.78 Å². The third-order valence-electron chi connectivity index (χ3n) is 4.98. The topological polar surface area (TPSA) is 59.4 Å². The number of carbonyl (C=O) groups is 1. The predicted molar refractivity (Wildman–Crippen MR) is 94.0 cm³/mol. The van der Waals surface area contributed by atoms with E-state index in [-0.39, 0.29) is 12.1 Å². The van der Waals surface area contributed by atoms with E-state index in [1.54, 1.807) is 6.20 Å². The lowest BCUT2D eigenvalue weighted by Gasteiger charge is -2.35. The van der Waals surface area contributed by atoms with Crippen molar-refractivity contribution in [3.63, 3.8) is 0 Å². The molecule has 6 nitrogen and oxygen atoms in total. The fraction of sp³-hybridized carbons (Fsp3) is 0.474. The molecule has 1 saturated carbocycles. The number of ether oxygens (including phenoxy) is 1. The second-order valence-corrected chi connectivity index (χ2v) is 6.88. The van der Waals surface area contributed by atoms with Gasteiger partial charge < -0.3 is 19.5 Å². The normalized spacial score (nSPS) is 20.5. The molecule has 2 fully saturated rings. The molecule has 1 N–H and O–H groups in total. The highest BCUT2D eigenvalue weighted by Crippen LogP contribution is 2.36. The number of aromatic nitrogens is 2. The van der Waals surface area contributed by atoms with E-state index in [0.29, 0.717) is 32.2 Å². The van der Waals surface area contributed by atoms with Crippen LogP contribution in [0.15, 0.2) is 43.0 Å². The molecule has 2 heterocycles. The van der Waals surface area contributed by atoms with E-state index >= 15 is 0 Å². The molecule has 1 unspecified atom stereocenters. The number of benzene rings is 1. The van der Waals surface area contributed by atoms with E-state index in [0.717, 1.165) is 12.1 Å². The molecule has 0 spiro atoms. The number of hydrogen-bond donors (Lipinski definition) is 1. The van der Waals surface area contributed by atoms with Crippen LogP contribution in [0.5, 0.6) is 0 Å².